The number of nitrogens with zero attached hydrogens (tertiary/aromatic N) is 1. The quantitative estimate of drug-likeness (QED) is 0.815. The smallest absolute Gasteiger partial charge is 0.307 e. The summed E-state index contributed by atoms with van der Waals surface area (Å²) in [6, 6.07) is 3.56. The first-order chi connectivity index (χ1) is 9.08. The van der Waals surface area contributed by atoms with Crippen LogP contribution in [0, 0.1) is 18.8 Å². The number of pyridine rings is 1. The van der Waals surface area contributed by atoms with Gasteiger partial charge in [-0.2, -0.15) is 0 Å². The third kappa shape index (κ3) is 3.19. The van der Waals surface area contributed by atoms with E-state index in [0.717, 1.165) is 5.69 Å². The lowest BCUT2D eigenvalue weighted by molar-refractivity contribution is -0.146. The van der Waals surface area contributed by atoms with Gasteiger partial charge in [-0.25, -0.2) is 0 Å². The average Bonchev–Trinajstić information content (AvgIpc) is 2.41. The minimum Gasteiger partial charge on any atom is -0.481 e. The van der Waals surface area contributed by atoms with Crippen molar-refractivity contribution < 1.29 is 14.7 Å². The fourth-order valence-electron chi connectivity index (χ4n) is 2.15. The monoisotopic (exact) mass is 260 g/mol. The summed E-state index contributed by atoms with van der Waals surface area (Å²) in [5.74, 6) is -2.36. The van der Waals surface area contributed by atoms with Gasteiger partial charge in [0.2, 0.25) is 5.91 Å². The summed E-state index contributed by atoms with van der Waals surface area (Å²) in [5.41, 5.74) is 1.45. The van der Waals surface area contributed by atoms with Crippen LogP contribution in [0.5, 0.6) is 0 Å². The van der Waals surface area contributed by atoms with Crippen LogP contribution in [0.25, 0.3) is 0 Å². The molecule has 0 spiro atoms. The molecule has 0 aromatic carbocycles. The summed E-state index contributed by atoms with van der Waals surface area (Å²) in [4.78, 5) is 27.4. The first-order valence-corrected chi connectivity index (χ1v) is 6.19. The van der Waals surface area contributed by atoms with Gasteiger partial charge in [0.1, 0.15) is 0 Å². The molecule has 2 N–H and O–H groups in total. The number of aliphatic carboxylic acids is 1. The molecule has 1 aliphatic rings. The van der Waals surface area contributed by atoms with E-state index in [1.807, 2.05) is 19.1 Å². The molecular weight excluding hydrogens is 244 g/mol. The van der Waals surface area contributed by atoms with E-state index < -0.39 is 17.8 Å². The number of amides is 1. The molecule has 1 aromatic heterocycles. The van der Waals surface area contributed by atoms with Crippen molar-refractivity contribution in [3.63, 3.8) is 0 Å². The summed E-state index contributed by atoms with van der Waals surface area (Å²) in [7, 11) is 0. The molecule has 0 saturated carbocycles. The Kier molecular flexibility index (Phi) is 3.94. The van der Waals surface area contributed by atoms with Gasteiger partial charge in [-0.3, -0.25) is 14.6 Å². The third-order valence-electron chi connectivity index (χ3n) is 3.27. The number of aromatic nitrogens is 1. The Morgan fingerprint density at radius 1 is 1.26 bits per heavy atom. The second kappa shape index (κ2) is 5.65. The van der Waals surface area contributed by atoms with Crippen LogP contribution in [0.15, 0.2) is 30.5 Å². The lowest BCUT2D eigenvalue weighted by atomic mass is 9.82. The van der Waals surface area contributed by atoms with Crippen LogP contribution in [-0.4, -0.2) is 22.0 Å². The molecule has 1 aromatic rings. The Bertz CT molecular complexity index is 508. The third-order valence-corrected chi connectivity index (χ3v) is 3.27. The normalized spacial score (nSPS) is 21.9. The zero-order valence-corrected chi connectivity index (χ0v) is 10.7. The second-order valence-electron chi connectivity index (χ2n) is 4.67. The molecule has 2 rings (SSSR count). The average molecular weight is 260 g/mol. The molecule has 0 radical (unpaired) electrons. The number of anilines is 1. The van der Waals surface area contributed by atoms with Gasteiger partial charge < -0.3 is 10.4 Å². The minimum atomic E-state index is -0.925. The summed E-state index contributed by atoms with van der Waals surface area (Å²) >= 11 is 0. The van der Waals surface area contributed by atoms with Crippen LogP contribution < -0.4 is 5.32 Å². The number of aryl methyl sites for hydroxylation is 1. The van der Waals surface area contributed by atoms with Gasteiger partial charge in [-0.15, -0.1) is 0 Å². The summed E-state index contributed by atoms with van der Waals surface area (Å²) in [5, 5.41) is 11.9. The topological polar surface area (TPSA) is 79.3 Å². The number of carboxylic acids is 1. The van der Waals surface area contributed by atoms with Crippen molar-refractivity contribution in [2.24, 2.45) is 11.8 Å². The van der Waals surface area contributed by atoms with E-state index in [-0.39, 0.29) is 5.91 Å². The molecule has 0 aliphatic heterocycles. The number of rotatable bonds is 3. The number of carboxylic acid groups (broad SMARTS) is 1. The van der Waals surface area contributed by atoms with Crippen molar-refractivity contribution in [2.75, 3.05) is 5.32 Å². The highest BCUT2D eigenvalue weighted by atomic mass is 16.4. The van der Waals surface area contributed by atoms with Crippen molar-refractivity contribution in [3.8, 4) is 0 Å². The SMILES string of the molecule is Cc1ccc(NC(=O)[C@@H]2CC=CC[C@@H]2C(=O)O)cn1. The number of hydrogen-bond acceptors (Lipinski definition) is 3. The Hall–Kier alpha value is -2.17. The molecule has 5 nitrogen and oxygen atoms in total. The van der Waals surface area contributed by atoms with Crippen molar-refractivity contribution in [3.05, 3.63) is 36.2 Å². The zero-order valence-electron chi connectivity index (χ0n) is 10.7. The van der Waals surface area contributed by atoms with Crippen LogP contribution in [-0.2, 0) is 9.59 Å². The van der Waals surface area contributed by atoms with Crippen LogP contribution in [0.3, 0.4) is 0 Å². The van der Waals surface area contributed by atoms with Gasteiger partial charge in [0.25, 0.3) is 0 Å². The molecule has 1 aliphatic carbocycles. The Labute approximate surface area is 111 Å². The van der Waals surface area contributed by atoms with Gasteiger partial charge in [0.15, 0.2) is 0 Å². The van der Waals surface area contributed by atoms with Crippen molar-refractivity contribution in [1.82, 2.24) is 4.98 Å². The fraction of sp³-hybridized carbons (Fsp3) is 0.357. The van der Waals surface area contributed by atoms with Gasteiger partial charge in [0.05, 0.1) is 23.7 Å². The number of allylic oxidation sites excluding steroid dienone is 2. The van der Waals surface area contributed by atoms with Gasteiger partial charge in [-0.05, 0) is 31.9 Å². The van der Waals surface area contributed by atoms with Gasteiger partial charge in [0, 0.05) is 5.69 Å². The van der Waals surface area contributed by atoms with E-state index in [1.165, 1.54) is 0 Å². The van der Waals surface area contributed by atoms with E-state index in [4.69, 9.17) is 5.11 Å². The largest absolute Gasteiger partial charge is 0.481 e. The Morgan fingerprint density at radius 3 is 2.53 bits per heavy atom. The van der Waals surface area contributed by atoms with Crippen LogP contribution >= 0.6 is 0 Å². The van der Waals surface area contributed by atoms with Crippen molar-refractivity contribution >= 4 is 17.6 Å². The van der Waals surface area contributed by atoms with E-state index in [0.29, 0.717) is 18.5 Å². The fourth-order valence-corrected chi connectivity index (χ4v) is 2.15. The van der Waals surface area contributed by atoms with E-state index in [1.54, 1.807) is 18.3 Å². The molecule has 0 fully saturated rings. The Morgan fingerprint density at radius 2 is 1.95 bits per heavy atom. The maximum Gasteiger partial charge on any atom is 0.307 e. The van der Waals surface area contributed by atoms with Crippen LogP contribution in [0.1, 0.15) is 18.5 Å². The standard InChI is InChI=1S/C14H16N2O3/c1-9-6-7-10(8-15-9)16-13(17)11-4-2-3-5-12(11)14(18)19/h2-3,6-8,11-12H,4-5H2,1H3,(H,16,17)(H,18,19)/t11-,12+/m1/s1. The Balaban J connectivity index is 2.08. The minimum absolute atomic E-state index is 0.262. The summed E-state index contributed by atoms with van der Waals surface area (Å²) in [6.07, 6.45) is 6.11. The highest BCUT2D eigenvalue weighted by molar-refractivity contribution is 5.95. The van der Waals surface area contributed by atoms with Crippen LogP contribution in [0.2, 0.25) is 0 Å². The maximum absolute atomic E-state index is 12.1. The number of nitrogens with one attached hydrogen (secondary N) is 1. The predicted molar refractivity (Wildman–Crippen MR) is 70.6 cm³/mol. The predicted octanol–water partition coefficient (Wildman–Crippen LogP) is 2.00. The molecule has 19 heavy (non-hydrogen) atoms. The lowest BCUT2D eigenvalue weighted by Gasteiger charge is -2.24. The molecule has 5 heteroatoms. The van der Waals surface area contributed by atoms with Crippen molar-refractivity contribution in [2.45, 2.75) is 19.8 Å². The highest BCUT2D eigenvalue weighted by Crippen LogP contribution is 2.27. The number of carbonyl (C=O) groups is 2. The molecule has 0 unspecified atom stereocenters. The zero-order chi connectivity index (χ0) is 13.8. The van der Waals surface area contributed by atoms with Gasteiger partial charge in [-0.1, -0.05) is 12.2 Å². The molecule has 100 valence electrons. The number of carbonyl (C=O) groups excluding carboxylic acids is 1. The van der Waals surface area contributed by atoms with Gasteiger partial charge >= 0.3 is 5.97 Å². The molecule has 1 amide bonds. The first-order valence-electron chi connectivity index (χ1n) is 6.19. The second-order valence-corrected chi connectivity index (χ2v) is 4.67. The number of hydrogen-bond donors (Lipinski definition) is 2. The van der Waals surface area contributed by atoms with Crippen LogP contribution in [0.4, 0.5) is 5.69 Å². The molecular formula is C14H16N2O3. The summed E-state index contributed by atoms with van der Waals surface area (Å²) < 4.78 is 0. The van der Waals surface area contributed by atoms with Crippen molar-refractivity contribution in [1.29, 1.82) is 0 Å². The molecule has 0 bridgehead atoms. The summed E-state index contributed by atoms with van der Waals surface area (Å²) in [6.45, 7) is 1.86. The maximum atomic E-state index is 12.1. The molecule has 1 heterocycles. The van der Waals surface area contributed by atoms with E-state index in [2.05, 4.69) is 10.3 Å². The first kappa shape index (κ1) is 13.3. The lowest BCUT2D eigenvalue weighted by Crippen LogP contribution is -2.34. The molecule has 2 atom stereocenters. The van der Waals surface area contributed by atoms with E-state index >= 15 is 0 Å². The van der Waals surface area contributed by atoms with E-state index in [9.17, 15) is 9.59 Å². The molecule has 0 saturated heterocycles. The highest BCUT2D eigenvalue weighted by Gasteiger charge is 2.33.